The molecule has 27 heavy (non-hydrogen) atoms. The van der Waals surface area contributed by atoms with Crippen molar-refractivity contribution in [3.63, 3.8) is 0 Å². The van der Waals surface area contributed by atoms with E-state index in [4.69, 9.17) is 18.9 Å². The van der Waals surface area contributed by atoms with E-state index in [9.17, 15) is 40.5 Å². The molecule has 2 fully saturated rings. The second-order valence-electron chi connectivity index (χ2n) is 6.18. The van der Waals surface area contributed by atoms with Crippen LogP contribution in [0.15, 0.2) is 12.7 Å². The number of aliphatic hydroxyl groups excluding tert-OH is 7. The van der Waals surface area contributed by atoms with Crippen LogP contribution in [0.5, 0.6) is 0 Å². The maximum absolute atomic E-state index is 11.1. The average Bonchev–Trinajstić information content (AvgIpc) is 2.66. The first-order valence-corrected chi connectivity index (χ1v) is 8.16. The predicted octanol–water partition coefficient (Wildman–Crippen LogP) is -4.66. The van der Waals surface area contributed by atoms with E-state index in [0.29, 0.717) is 0 Å². The van der Waals surface area contributed by atoms with E-state index in [1.165, 1.54) is 0 Å². The third-order valence-corrected chi connectivity index (χ3v) is 4.36. The Morgan fingerprint density at radius 3 is 2.19 bits per heavy atom. The van der Waals surface area contributed by atoms with Crippen molar-refractivity contribution in [2.24, 2.45) is 0 Å². The van der Waals surface area contributed by atoms with Crippen molar-refractivity contribution in [1.82, 2.24) is 0 Å². The molecule has 12 heteroatoms. The number of aliphatic hydroxyl groups is 7. The average molecular weight is 396 g/mol. The Morgan fingerprint density at radius 2 is 1.59 bits per heavy atom. The number of rotatable bonds is 6. The lowest BCUT2D eigenvalue weighted by Gasteiger charge is -2.45. The third-order valence-electron chi connectivity index (χ3n) is 4.36. The molecular formula is C15H24O12. The topological polar surface area (TPSA) is 196 Å². The molecular weight excluding hydrogens is 372 g/mol. The van der Waals surface area contributed by atoms with E-state index in [2.05, 4.69) is 6.58 Å². The number of carbonyl (C=O) groups is 1. The summed E-state index contributed by atoms with van der Waals surface area (Å²) in [5, 5.41) is 68.5. The Morgan fingerprint density at radius 1 is 0.926 bits per heavy atom. The zero-order valence-electron chi connectivity index (χ0n) is 14.1. The predicted molar refractivity (Wildman–Crippen MR) is 82.7 cm³/mol. The smallest absolute Gasteiger partial charge is 0.330 e. The van der Waals surface area contributed by atoms with Crippen molar-refractivity contribution in [3.05, 3.63) is 12.7 Å². The summed E-state index contributed by atoms with van der Waals surface area (Å²) in [5.41, 5.74) is 0. The largest absolute Gasteiger partial charge is 0.460 e. The van der Waals surface area contributed by atoms with Gasteiger partial charge in [-0.15, -0.1) is 0 Å². The molecule has 0 aliphatic carbocycles. The van der Waals surface area contributed by atoms with Crippen LogP contribution < -0.4 is 0 Å². The normalized spacial score (nSPS) is 45.3. The molecule has 12 nitrogen and oxygen atoms in total. The first-order chi connectivity index (χ1) is 12.7. The van der Waals surface area contributed by atoms with E-state index >= 15 is 0 Å². The molecule has 156 valence electrons. The molecule has 2 aliphatic rings. The van der Waals surface area contributed by atoms with Gasteiger partial charge in [0.2, 0.25) is 0 Å². The van der Waals surface area contributed by atoms with Crippen molar-refractivity contribution in [3.8, 4) is 0 Å². The minimum atomic E-state index is -1.78. The fourth-order valence-corrected chi connectivity index (χ4v) is 2.78. The van der Waals surface area contributed by atoms with Crippen molar-refractivity contribution in [2.75, 3.05) is 13.2 Å². The number of esters is 1. The van der Waals surface area contributed by atoms with Crippen molar-refractivity contribution in [1.29, 1.82) is 0 Å². The van der Waals surface area contributed by atoms with Gasteiger partial charge in [0.1, 0.15) is 55.4 Å². The minimum absolute atomic E-state index is 0.496. The van der Waals surface area contributed by atoms with Gasteiger partial charge in [0.15, 0.2) is 12.6 Å². The lowest BCUT2D eigenvalue weighted by Crippen LogP contribution is -2.64. The second-order valence-corrected chi connectivity index (χ2v) is 6.18. The maximum Gasteiger partial charge on any atom is 0.330 e. The molecule has 2 heterocycles. The Balaban J connectivity index is 2.10. The van der Waals surface area contributed by atoms with Crippen molar-refractivity contribution >= 4 is 5.97 Å². The Labute approximate surface area is 153 Å². The van der Waals surface area contributed by atoms with Crippen LogP contribution in [0.25, 0.3) is 0 Å². The van der Waals surface area contributed by atoms with E-state index in [1.807, 2.05) is 0 Å². The molecule has 0 spiro atoms. The van der Waals surface area contributed by atoms with Gasteiger partial charge in [0.25, 0.3) is 0 Å². The van der Waals surface area contributed by atoms with Crippen LogP contribution in [0, 0.1) is 0 Å². The highest BCUT2D eigenvalue weighted by Crippen LogP contribution is 2.28. The molecule has 10 atom stereocenters. The van der Waals surface area contributed by atoms with Crippen LogP contribution in [0.3, 0.4) is 0 Å². The summed E-state index contributed by atoms with van der Waals surface area (Å²) >= 11 is 0. The first kappa shape index (κ1) is 22.1. The molecule has 2 aliphatic heterocycles. The summed E-state index contributed by atoms with van der Waals surface area (Å²) in [5.74, 6) is -0.808. The van der Waals surface area contributed by atoms with Crippen molar-refractivity contribution in [2.45, 2.75) is 61.4 Å². The summed E-state index contributed by atoms with van der Waals surface area (Å²) in [6.45, 7) is 2.00. The lowest BCUT2D eigenvalue weighted by molar-refractivity contribution is -0.355. The monoisotopic (exact) mass is 396 g/mol. The molecule has 0 radical (unpaired) electrons. The van der Waals surface area contributed by atoms with Gasteiger partial charge in [-0.1, -0.05) is 6.58 Å². The van der Waals surface area contributed by atoms with Gasteiger partial charge in [0, 0.05) is 6.08 Å². The number of hydrogen-bond donors (Lipinski definition) is 7. The van der Waals surface area contributed by atoms with E-state index < -0.39 is 80.6 Å². The highest BCUT2D eigenvalue weighted by Gasteiger charge is 2.50. The fourth-order valence-electron chi connectivity index (χ4n) is 2.78. The molecule has 0 saturated carbocycles. The summed E-state index contributed by atoms with van der Waals surface area (Å²) in [7, 11) is 0. The third kappa shape index (κ3) is 4.81. The molecule has 1 unspecified atom stereocenters. The Kier molecular flexibility index (Phi) is 7.64. The minimum Gasteiger partial charge on any atom is -0.460 e. The van der Waals surface area contributed by atoms with Crippen LogP contribution in [-0.2, 0) is 23.7 Å². The molecule has 0 amide bonds. The molecule has 0 aromatic heterocycles. The summed E-state index contributed by atoms with van der Waals surface area (Å²) in [4.78, 5) is 11.1. The van der Waals surface area contributed by atoms with Gasteiger partial charge in [-0.3, -0.25) is 0 Å². The van der Waals surface area contributed by atoms with Crippen LogP contribution in [-0.4, -0.2) is 116 Å². The number of hydrogen-bond acceptors (Lipinski definition) is 12. The van der Waals surface area contributed by atoms with Gasteiger partial charge < -0.3 is 54.7 Å². The Bertz CT molecular complexity index is 513. The second kappa shape index (κ2) is 9.34. The zero-order valence-corrected chi connectivity index (χ0v) is 14.1. The lowest BCUT2D eigenvalue weighted by atomic mass is 9.97. The quantitative estimate of drug-likeness (QED) is 0.168. The highest BCUT2D eigenvalue weighted by molar-refractivity contribution is 5.81. The number of carbonyl (C=O) groups excluding carboxylic acids is 1. The highest BCUT2D eigenvalue weighted by atomic mass is 16.7. The SMILES string of the molecule is C=CC(=O)OC[C@H]1O[C@@H](O[C@H]2[C@H](O)[C@@H](O)C(O)O[C@@H]2CO)[C@H](O)[C@@H](O)[C@H]1O. The van der Waals surface area contributed by atoms with Crippen molar-refractivity contribution < 1.29 is 59.5 Å². The van der Waals surface area contributed by atoms with E-state index in [0.717, 1.165) is 6.08 Å². The molecule has 7 N–H and O–H groups in total. The van der Waals surface area contributed by atoms with Crippen LogP contribution >= 0.6 is 0 Å². The summed E-state index contributed by atoms with van der Waals surface area (Å²) < 4.78 is 20.3. The molecule has 0 aromatic rings. The molecule has 0 aromatic carbocycles. The Hall–Kier alpha value is -1.19. The molecule has 0 bridgehead atoms. The van der Waals surface area contributed by atoms with Gasteiger partial charge in [-0.25, -0.2) is 4.79 Å². The number of ether oxygens (including phenoxy) is 4. The zero-order chi connectivity index (χ0) is 20.3. The van der Waals surface area contributed by atoms with Gasteiger partial charge in [0.05, 0.1) is 6.61 Å². The van der Waals surface area contributed by atoms with E-state index in [-0.39, 0.29) is 0 Å². The van der Waals surface area contributed by atoms with Gasteiger partial charge in [-0.05, 0) is 0 Å². The van der Waals surface area contributed by atoms with Crippen LogP contribution in [0.4, 0.5) is 0 Å². The summed E-state index contributed by atoms with van der Waals surface area (Å²) in [6, 6.07) is 0. The summed E-state index contributed by atoms with van der Waals surface area (Å²) in [6.07, 6.45) is -15.2. The van der Waals surface area contributed by atoms with Crippen LogP contribution in [0.2, 0.25) is 0 Å². The fraction of sp³-hybridized carbons (Fsp3) is 0.800. The molecule has 2 saturated heterocycles. The maximum atomic E-state index is 11.1. The van der Waals surface area contributed by atoms with E-state index in [1.54, 1.807) is 0 Å². The standard InChI is InChI=1S/C15H24O12/c1-2-7(17)24-4-6-8(18)9(19)12(22)15(26-6)27-13-5(3-16)25-14(23)11(21)10(13)20/h2,5-6,8-16,18-23H,1,3-4H2/t5-,6-,8+,9+,10-,11-,12-,13-,14?,15+/m1/s1. The van der Waals surface area contributed by atoms with Crippen LogP contribution in [0.1, 0.15) is 0 Å². The van der Waals surface area contributed by atoms with Gasteiger partial charge in [-0.2, -0.15) is 0 Å². The first-order valence-electron chi connectivity index (χ1n) is 8.16. The van der Waals surface area contributed by atoms with Gasteiger partial charge >= 0.3 is 5.97 Å². The molecule has 2 rings (SSSR count).